The van der Waals surface area contributed by atoms with Crippen molar-refractivity contribution in [3.05, 3.63) is 0 Å². The maximum atomic E-state index is 10.7. The van der Waals surface area contributed by atoms with E-state index in [1.54, 1.807) is 0 Å². The average molecular weight is 171 g/mol. The largest absolute Gasteiger partial charge is 0.481 e. The standard InChI is InChI=1S/C9H17NO2/c1-6(2)8-4-7(9(11)12)5-10(8)3/h6-8H,4-5H2,1-3H3,(H,11,12). The van der Waals surface area contributed by atoms with Gasteiger partial charge >= 0.3 is 5.97 Å². The molecule has 0 aromatic heterocycles. The van der Waals surface area contributed by atoms with Gasteiger partial charge in [0, 0.05) is 12.6 Å². The van der Waals surface area contributed by atoms with Crippen molar-refractivity contribution in [2.24, 2.45) is 11.8 Å². The van der Waals surface area contributed by atoms with E-state index in [1.807, 2.05) is 7.05 Å². The van der Waals surface area contributed by atoms with Gasteiger partial charge < -0.3 is 10.0 Å². The molecule has 0 radical (unpaired) electrons. The summed E-state index contributed by atoms with van der Waals surface area (Å²) in [7, 11) is 2.01. The van der Waals surface area contributed by atoms with Gasteiger partial charge in [-0.15, -0.1) is 0 Å². The first-order valence-electron chi connectivity index (χ1n) is 4.45. The number of nitrogens with zero attached hydrogens (tertiary/aromatic N) is 1. The second-order valence-electron chi connectivity index (χ2n) is 4.02. The molecule has 1 heterocycles. The highest BCUT2D eigenvalue weighted by Crippen LogP contribution is 2.26. The summed E-state index contributed by atoms with van der Waals surface area (Å²) in [5.41, 5.74) is 0. The molecule has 3 heteroatoms. The summed E-state index contributed by atoms with van der Waals surface area (Å²) in [6.07, 6.45) is 0.809. The molecule has 0 aromatic rings. The fraction of sp³-hybridized carbons (Fsp3) is 0.889. The molecule has 0 amide bonds. The van der Waals surface area contributed by atoms with Gasteiger partial charge in [-0.1, -0.05) is 13.8 Å². The molecule has 1 aliphatic heterocycles. The zero-order valence-corrected chi connectivity index (χ0v) is 7.95. The molecule has 0 saturated carbocycles. The summed E-state index contributed by atoms with van der Waals surface area (Å²) in [4.78, 5) is 12.8. The van der Waals surface area contributed by atoms with Crippen LogP contribution in [-0.2, 0) is 4.79 Å². The van der Waals surface area contributed by atoms with Crippen LogP contribution in [0.5, 0.6) is 0 Å². The third kappa shape index (κ3) is 1.78. The summed E-state index contributed by atoms with van der Waals surface area (Å²) < 4.78 is 0. The van der Waals surface area contributed by atoms with Gasteiger partial charge in [0.2, 0.25) is 0 Å². The number of hydrogen-bond donors (Lipinski definition) is 1. The zero-order chi connectivity index (χ0) is 9.30. The lowest BCUT2D eigenvalue weighted by molar-refractivity contribution is -0.141. The third-order valence-corrected chi connectivity index (χ3v) is 2.72. The Bertz CT molecular complexity index is 179. The Morgan fingerprint density at radius 3 is 2.42 bits per heavy atom. The van der Waals surface area contributed by atoms with E-state index in [0.717, 1.165) is 6.42 Å². The maximum absolute atomic E-state index is 10.7. The fourth-order valence-corrected chi connectivity index (χ4v) is 1.99. The SMILES string of the molecule is CC(C)C1CC(C(=O)O)CN1C. The first-order chi connectivity index (χ1) is 5.52. The predicted molar refractivity (Wildman–Crippen MR) is 47.0 cm³/mol. The van der Waals surface area contributed by atoms with Gasteiger partial charge in [0.05, 0.1) is 5.92 Å². The van der Waals surface area contributed by atoms with Crippen LogP contribution in [0.3, 0.4) is 0 Å². The molecule has 2 unspecified atom stereocenters. The second kappa shape index (κ2) is 3.44. The molecule has 0 spiro atoms. The van der Waals surface area contributed by atoms with Crippen LogP contribution < -0.4 is 0 Å². The highest BCUT2D eigenvalue weighted by molar-refractivity contribution is 5.70. The van der Waals surface area contributed by atoms with E-state index in [1.165, 1.54) is 0 Å². The summed E-state index contributed by atoms with van der Waals surface area (Å²) in [5, 5.41) is 8.80. The molecule has 3 nitrogen and oxygen atoms in total. The van der Waals surface area contributed by atoms with E-state index >= 15 is 0 Å². The van der Waals surface area contributed by atoms with E-state index in [9.17, 15) is 4.79 Å². The van der Waals surface area contributed by atoms with Crippen LogP contribution in [0, 0.1) is 11.8 Å². The maximum Gasteiger partial charge on any atom is 0.307 e. The predicted octanol–water partition coefficient (Wildman–Crippen LogP) is 1.05. The van der Waals surface area contributed by atoms with Crippen molar-refractivity contribution >= 4 is 5.97 Å². The van der Waals surface area contributed by atoms with Crippen molar-refractivity contribution in [2.75, 3.05) is 13.6 Å². The van der Waals surface area contributed by atoms with E-state index < -0.39 is 5.97 Å². The molecule has 1 rings (SSSR count). The van der Waals surface area contributed by atoms with Crippen molar-refractivity contribution in [1.29, 1.82) is 0 Å². The van der Waals surface area contributed by atoms with Crippen LogP contribution in [0.15, 0.2) is 0 Å². The highest BCUT2D eigenvalue weighted by atomic mass is 16.4. The molecule has 1 aliphatic rings. The quantitative estimate of drug-likeness (QED) is 0.675. The van der Waals surface area contributed by atoms with Gasteiger partial charge in [-0.25, -0.2) is 0 Å². The van der Waals surface area contributed by atoms with Crippen LogP contribution in [0.1, 0.15) is 20.3 Å². The highest BCUT2D eigenvalue weighted by Gasteiger charge is 2.34. The van der Waals surface area contributed by atoms with Gasteiger partial charge in [0.15, 0.2) is 0 Å². The van der Waals surface area contributed by atoms with Crippen LogP contribution in [0.2, 0.25) is 0 Å². The number of aliphatic carboxylic acids is 1. The molecule has 12 heavy (non-hydrogen) atoms. The van der Waals surface area contributed by atoms with Crippen LogP contribution in [0.25, 0.3) is 0 Å². The normalized spacial score (nSPS) is 31.3. The molecular weight excluding hydrogens is 154 g/mol. The Morgan fingerprint density at radius 1 is 1.58 bits per heavy atom. The van der Waals surface area contributed by atoms with Gasteiger partial charge in [-0.2, -0.15) is 0 Å². The first-order valence-corrected chi connectivity index (χ1v) is 4.45. The van der Waals surface area contributed by atoms with E-state index in [0.29, 0.717) is 18.5 Å². The fourth-order valence-electron chi connectivity index (χ4n) is 1.99. The number of carbonyl (C=O) groups is 1. The van der Waals surface area contributed by atoms with Gasteiger partial charge in [-0.3, -0.25) is 4.79 Å². The van der Waals surface area contributed by atoms with Gasteiger partial charge in [-0.05, 0) is 19.4 Å². The molecule has 0 aliphatic carbocycles. The minimum atomic E-state index is -0.648. The molecule has 1 saturated heterocycles. The molecule has 0 aromatic carbocycles. The van der Waals surface area contributed by atoms with Crippen molar-refractivity contribution < 1.29 is 9.90 Å². The zero-order valence-electron chi connectivity index (χ0n) is 7.95. The summed E-state index contributed by atoms with van der Waals surface area (Å²) in [6.45, 7) is 5.00. The lowest BCUT2D eigenvalue weighted by Crippen LogP contribution is -2.29. The Morgan fingerprint density at radius 2 is 2.17 bits per heavy atom. The summed E-state index contributed by atoms with van der Waals surface area (Å²) in [6, 6.07) is 0.450. The van der Waals surface area contributed by atoms with Crippen molar-refractivity contribution in [3.63, 3.8) is 0 Å². The third-order valence-electron chi connectivity index (χ3n) is 2.72. The Kier molecular flexibility index (Phi) is 2.73. The Labute approximate surface area is 73.4 Å². The number of carboxylic acid groups (broad SMARTS) is 1. The molecule has 0 bridgehead atoms. The number of hydrogen-bond acceptors (Lipinski definition) is 2. The average Bonchev–Trinajstić information content (AvgIpc) is 2.30. The van der Waals surface area contributed by atoms with E-state index in [2.05, 4.69) is 18.7 Å². The van der Waals surface area contributed by atoms with Gasteiger partial charge in [0.1, 0.15) is 0 Å². The van der Waals surface area contributed by atoms with Crippen molar-refractivity contribution in [2.45, 2.75) is 26.3 Å². The van der Waals surface area contributed by atoms with Gasteiger partial charge in [0.25, 0.3) is 0 Å². The van der Waals surface area contributed by atoms with Crippen LogP contribution in [0.4, 0.5) is 0 Å². The van der Waals surface area contributed by atoms with E-state index in [-0.39, 0.29) is 5.92 Å². The van der Waals surface area contributed by atoms with Crippen LogP contribution >= 0.6 is 0 Å². The molecular formula is C9H17NO2. The summed E-state index contributed by atoms with van der Waals surface area (Å²) in [5.74, 6) is -0.244. The minimum absolute atomic E-state index is 0.151. The lowest BCUT2D eigenvalue weighted by atomic mass is 9.98. The number of carboxylic acids is 1. The minimum Gasteiger partial charge on any atom is -0.481 e. The monoisotopic (exact) mass is 171 g/mol. The lowest BCUT2D eigenvalue weighted by Gasteiger charge is -2.22. The second-order valence-corrected chi connectivity index (χ2v) is 4.02. The number of rotatable bonds is 2. The van der Waals surface area contributed by atoms with Crippen LogP contribution in [-0.4, -0.2) is 35.6 Å². The number of likely N-dealkylation sites (tertiary alicyclic amines) is 1. The Hall–Kier alpha value is -0.570. The molecule has 70 valence electrons. The first kappa shape index (κ1) is 9.52. The summed E-state index contributed by atoms with van der Waals surface area (Å²) >= 11 is 0. The van der Waals surface area contributed by atoms with E-state index in [4.69, 9.17) is 5.11 Å². The molecule has 2 atom stereocenters. The molecule has 1 fully saturated rings. The van der Waals surface area contributed by atoms with Crippen molar-refractivity contribution in [1.82, 2.24) is 4.90 Å². The molecule has 1 N–H and O–H groups in total. The van der Waals surface area contributed by atoms with Crippen molar-refractivity contribution in [3.8, 4) is 0 Å². The smallest absolute Gasteiger partial charge is 0.307 e. The topological polar surface area (TPSA) is 40.5 Å². The Balaban J connectivity index is 2.56.